The van der Waals surface area contributed by atoms with E-state index in [4.69, 9.17) is 9.47 Å². The van der Waals surface area contributed by atoms with E-state index < -0.39 is 18.0 Å². The van der Waals surface area contributed by atoms with Crippen molar-refractivity contribution < 1.29 is 19.7 Å². The summed E-state index contributed by atoms with van der Waals surface area (Å²) in [6, 6.07) is 0. The molecule has 0 radical (unpaired) electrons. The summed E-state index contributed by atoms with van der Waals surface area (Å²) in [5.41, 5.74) is -1.12. The molecule has 1 fully saturated rings. The first-order chi connectivity index (χ1) is 6.97. The summed E-state index contributed by atoms with van der Waals surface area (Å²) in [5.74, 6) is 0. The molecule has 0 bridgehead atoms. The lowest BCUT2D eigenvalue weighted by molar-refractivity contribution is -0.272. The van der Waals surface area contributed by atoms with E-state index in [9.17, 15) is 10.2 Å². The van der Waals surface area contributed by atoms with E-state index in [0.29, 0.717) is 13.0 Å². The number of hydrogen-bond acceptors (Lipinski definition) is 4. The average molecular weight is 218 g/mol. The molecule has 0 amide bonds. The molecule has 0 saturated carbocycles. The van der Waals surface area contributed by atoms with Crippen molar-refractivity contribution in [1.29, 1.82) is 0 Å². The maximum atomic E-state index is 9.93. The SMILES string of the molecule is CCCCO[C@@H]1C[C@](C)(O)[C@@H](O)[C@H](C)O1. The first-order valence-corrected chi connectivity index (χ1v) is 5.65. The van der Waals surface area contributed by atoms with Gasteiger partial charge in [0.15, 0.2) is 6.29 Å². The van der Waals surface area contributed by atoms with Crippen molar-refractivity contribution in [3.05, 3.63) is 0 Å². The minimum atomic E-state index is -1.12. The quantitative estimate of drug-likeness (QED) is 0.692. The molecule has 90 valence electrons. The molecule has 0 aromatic rings. The Labute approximate surface area is 91.2 Å². The second-order valence-electron chi connectivity index (χ2n) is 4.50. The number of ether oxygens (including phenoxy) is 2. The third-order valence-electron chi connectivity index (χ3n) is 2.83. The Bertz CT molecular complexity index is 193. The Hall–Kier alpha value is -0.160. The highest BCUT2D eigenvalue weighted by atomic mass is 16.7. The topological polar surface area (TPSA) is 58.9 Å². The molecule has 0 aromatic carbocycles. The summed E-state index contributed by atoms with van der Waals surface area (Å²) in [6.45, 7) is 6.09. The zero-order chi connectivity index (χ0) is 11.5. The summed E-state index contributed by atoms with van der Waals surface area (Å²) in [6.07, 6.45) is 0.747. The molecule has 15 heavy (non-hydrogen) atoms. The van der Waals surface area contributed by atoms with Crippen molar-refractivity contribution >= 4 is 0 Å². The van der Waals surface area contributed by atoms with E-state index in [1.807, 2.05) is 0 Å². The fraction of sp³-hybridized carbons (Fsp3) is 1.00. The van der Waals surface area contributed by atoms with Crippen LogP contribution in [-0.2, 0) is 9.47 Å². The molecule has 1 aliphatic rings. The van der Waals surface area contributed by atoms with Crippen LogP contribution in [0.1, 0.15) is 40.0 Å². The van der Waals surface area contributed by atoms with Gasteiger partial charge in [-0.1, -0.05) is 13.3 Å². The molecule has 0 unspecified atom stereocenters. The molecular formula is C11H22O4. The van der Waals surface area contributed by atoms with Crippen LogP contribution in [0.5, 0.6) is 0 Å². The molecule has 1 rings (SSSR count). The number of aliphatic hydroxyl groups is 2. The standard InChI is InChI=1S/C11H22O4/c1-4-5-6-14-9-7-11(3,13)10(12)8(2)15-9/h8-10,12-13H,4-7H2,1-3H3/t8-,9-,10-,11-/m0/s1. The van der Waals surface area contributed by atoms with Crippen molar-refractivity contribution in [1.82, 2.24) is 0 Å². The normalized spacial score (nSPS) is 41.8. The Balaban J connectivity index is 2.42. The van der Waals surface area contributed by atoms with Crippen molar-refractivity contribution in [3.8, 4) is 0 Å². The van der Waals surface area contributed by atoms with E-state index in [1.165, 1.54) is 0 Å². The van der Waals surface area contributed by atoms with Crippen molar-refractivity contribution in [2.45, 2.75) is 64.1 Å². The highest BCUT2D eigenvalue weighted by molar-refractivity contribution is 4.90. The molecular weight excluding hydrogens is 196 g/mol. The van der Waals surface area contributed by atoms with Crippen LogP contribution in [0.15, 0.2) is 0 Å². The Morgan fingerprint density at radius 2 is 2.20 bits per heavy atom. The monoisotopic (exact) mass is 218 g/mol. The minimum absolute atomic E-state index is 0.322. The highest BCUT2D eigenvalue weighted by Gasteiger charge is 2.43. The van der Waals surface area contributed by atoms with Crippen LogP contribution in [0.4, 0.5) is 0 Å². The van der Waals surface area contributed by atoms with Crippen LogP contribution in [0.3, 0.4) is 0 Å². The fourth-order valence-electron chi connectivity index (χ4n) is 1.78. The molecule has 4 nitrogen and oxygen atoms in total. The van der Waals surface area contributed by atoms with Crippen molar-refractivity contribution in [3.63, 3.8) is 0 Å². The van der Waals surface area contributed by atoms with Gasteiger partial charge in [-0.3, -0.25) is 0 Å². The van der Waals surface area contributed by atoms with Crippen LogP contribution >= 0.6 is 0 Å². The van der Waals surface area contributed by atoms with E-state index in [-0.39, 0.29) is 6.10 Å². The second-order valence-corrected chi connectivity index (χ2v) is 4.50. The summed E-state index contributed by atoms with van der Waals surface area (Å²) in [5, 5.41) is 19.6. The van der Waals surface area contributed by atoms with Gasteiger partial charge in [0.05, 0.1) is 11.7 Å². The third-order valence-corrected chi connectivity index (χ3v) is 2.83. The van der Waals surface area contributed by atoms with Gasteiger partial charge in [-0.2, -0.15) is 0 Å². The van der Waals surface area contributed by atoms with E-state index >= 15 is 0 Å². The first kappa shape index (κ1) is 12.9. The maximum absolute atomic E-state index is 9.93. The molecule has 1 heterocycles. The van der Waals surface area contributed by atoms with Crippen LogP contribution in [-0.4, -0.2) is 40.9 Å². The summed E-state index contributed by atoms with van der Waals surface area (Å²) in [4.78, 5) is 0. The zero-order valence-electron chi connectivity index (χ0n) is 9.77. The van der Waals surface area contributed by atoms with Crippen LogP contribution < -0.4 is 0 Å². The lowest BCUT2D eigenvalue weighted by atomic mass is 9.89. The average Bonchev–Trinajstić information content (AvgIpc) is 2.14. The summed E-state index contributed by atoms with van der Waals surface area (Å²) < 4.78 is 10.9. The summed E-state index contributed by atoms with van der Waals surface area (Å²) >= 11 is 0. The van der Waals surface area contributed by atoms with Crippen molar-refractivity contribution in [2.75, 3.05) is 6.61 Å². The number of hydrogen-bond donors (Lipinski definition) is 2. The predicted molar refractivity (Wildman–Crippen MR) is 56.4 cm³/mol. The predicted octanol–water partition coefficient (Wildman–Crippen LogP) is 1.05. The zero-order valence-corrected chi connectivity index (χ0v) is 9.77. The number of rotatable bonds is 4. The molecule has 1 saturated heterocycles. The Morgan fingerprint density at radius 3 is 2.73 bits per heavy atom. The van der Waals surface area contributed by atoms with Gasteiger partial charge in [-0.15, -0.1) is 0 Å². The molecule has 4 heteroatoms. The molecule has 4 atom stereocenters. The minimum Gasteiger partial charge on any atom is -0.387 e. The van der Waals surface area contributed by atoms with Crippen molar-refractivity contribution in [2.24, 2.45) is 0 Å². The highest BCUT2D eigenvalue weighted by Crippen LogP contribution is 2.29. The van der Waals surface area contributed by atoms with Crippen LogP contribution in [0.25, 0.3) is 0 Å². The van der Waals surface area contributed by atoms with Gasteiger partial charge in [0.2, 0.25) is 0 Å². The maximum Gasteiger partial charge on any atom is 0.160 e. The number of unbranched alkanes of at least 4 members (excludes halogenated alkanes) is 1. The molecule has 0 aromatic heterocycles. The van der Waals surface area contributed by atoms with Gasteiger partial charge in [-0.05, 0) is 20.3 Å². The summed E-state index contributed by atoms with van der Waals surface area (Å²) in [7, 11) is 0. The van der Waals surface area contributed by atoms with Gasteiger partial charge in [-0.25, -0.2) is 0 Å². The van der Waals surface area contributed by atoms with Gasteiger partial charge in [0.25, 0.3) is 0 Å². The number of aliphatic hydroxyl groups excluding tert-OH is 1. The molecule has 0 spiro atoms. The molecule has 1 aliphatic heterocycles. The van der Waals surface area contributed by atoms with Gasteiger partial charge in [0, 0.05) is 13.0 Å². The van der Waals surface area contributed by atoms with Gasteiger partial charge in [0.1, 0.15) is 6.10 Å². The smallest absolute Gasteiger partial charge is 0.160 e. The van der Waals surface area contributed by atoms with E-state index in [1.54, 1.807) is 13.8 Å². The second kappa shape index (κ2) is 5.25. The van der Waals surface area contributed by atoms with Crippen LogP contribution in [0, 0.1) is 0 Å². The van der Waals surface area contributed by atoms with E-state index in [0.717, 1.165) is 12.8 Å². The molecule has 0 aliphatic carbocycles. The third kappa shape index (κ3) is 3.41. The molecule has 2 N–H and O–H groups in total. The fourth-order valence-corrected chi connectivity index (χ4v) is 1.78. The Kier molecular flexibility index (Phi) is 4.52. The lowest BCUT2D eigenvalue weighted by Gasteiger charge is -2.41. The first-order valence-electron chi connectivity index (χ1n) is 5.65. The van der Waals surface area contributed by atoms with Gasteiger partial charge >= 0.3 is 0 Å². The van der Waals surface area contributed by atoms with Gasteiger partial charge < -0.3 is 19.7 Å². The lowest BCUT2D eigenvalue weighted by Crippen LogP contribution is -2.55. The van der Waals surface area contributed by atoms with E-state index in [2.05, 4.69) is 6.92 Å². The largest absolute Gasteiger partial charge is 0.387 e. The van der Waals surface area contributed by atoms with Crippen LogP contribution in [0.2, 0.25) is 0 Å². The Morgan fingerprint density at radius 1 is 1.53 bits per heavy atom.